The molecule has 0 unspecified atom stereocenters. The molecule has 0 aliphatic rings. The maximum Gasteiger partial charge on any atom is 0.160 e. The Bertz CT molecular complexity index is 549. The lowest BCUT2D eigenvalue weighted by molar-refractivity contribution is 0.509. The molecule has 0 aliphatic carbocycles. The van der Waals surface area contributed by atoms with E-state index in [9.17, 15) is 8.78 Å². The number of nitrogens with one attached hydrogen (secondary N) is 1. The Balaban J connectivity index is 2.06. The minimum atomic E-state index is -0.846. The van der Waals surface area contributed by atoms with E-state index in [-0.39, 0.29) is 0 Å². The maximum atomic E-state index is 13.0. The molecule has 0 radical (unpaired) electrons. The molecule has 0 bridgehead atoms. The molecule has 2 rings (SSSR count). The van der Waals surface area contributed by atoms with Crippen molar-refractivity contribution < 1.29 is 8.78 Å². The molecule has 0 saturated heterocycles. The highest BCUT2D eigenvalue weighted by molar-refractivity contribution is 5.44. The van der Waals surface area contributed by atoms with E-state index in [1.807, 2.05) is 24.7 Å². The Morgan fingerprint density at radius 1 is 1.28 bits per heavy atom. The number of nitrogens with zero attached hydrogens (tertiary/aromatic N) is 2. The summed E-state index contributed by atoms with van der Waals surface area (Å²) < 4.78 is 27.6. The number of anilines is 1. The summed E-state index contributed by atoms with van der Waals surface area (Å²) in [4.78, 5) is 0. The predicted octanol–water partition coefficient (Wildman–Crippen LogP) is 3.10. The highest BCUT2D eigenvalue weighted by Gasteiger charge is 2.05. The first-order chi connectivity index (χ1) is 8.60. The molecule has 0 fully saturated rings. The third kappa shape index (κ3) is 2.67. The van der Waals surface area contributed by atoms with Gasteiger partial charge in [-0.15, -0.1) is 0 Å². The number of rotatable bonds is 4. The van der Waals surface area contributed by atoms with Gasteiger partial charge < -0.3 is 5.32 Å². The van der Waals surface area contributed by atoms with Crippen LogP contribution >= 0.6 is 0 Å². The van der Waals surface area contributed by atoms with Gasteiger partial charge in [-0.2, -0.15) is 5.10 Å². The average Bonchev–Trinajstić information content (AvgIpc) is 2.72. The van der Waals surface area contributed by atoms with Crippen LogP contribution in [0, 0.1) is 18.6 Å². The summed E-state index contributed by atoms with van der Waals surface area (Å²) in [5.74, 6) is -1.68. The van der Waals surface area contributed by atoms with Crippen LogP contribution in [0.25, 0.3) is 0 Å². The fourth-order valence-corrected chi connectivity index (χ4v) is 1.70. The normalized spacial score (nSPS) is 10.7. The molecule has 1 aromatic carbocycles. The lowest BCUT2D eigenvalue weighted by Gasteiger charge is -2.05. The van der Waals surface area contributed by atoms with Crippen LogP contribution in [0.3, 0.4) is 0 Å². The summed E-state index contributed by atoms with van der Waals surface area (Å²) in [6.45, 7) is 5.29. The number of hydrogen-bond donors (Lipinski definition) is 1. The molecule has 2 aromatic rings. The highest BCUT2D eigenvalue weighted by Crippen LogP contribution is 2.15. The summed E-state index contributed by atoms with van der Waals surface area (Å²) >= 11 is 0. The molecule has 18 heavy (non-hydrogen) atoms. The highest BCUT2D eigenvalue weighted by atomic mass is 19.2. The van der Waals surface area contributed by atoms with E-state index in [1.165, 1.54) is 6.07 Å². The molecule has 1 N–H and O–H groups in total. The number of aromatic nitrogens is 2. The molecule has 96 valence electrons. The smallest absolute Gasteiger partial charge is 0.160 e. The zero-order valence-corrected chi connectivity index (χ0v) is 10.4. The minimum Gasteiger partial charge on any atom is -0.381 e. The zero-order valence-electron chi connectivity index (χ0n) is 10.4. The first-order valence-corrected chi connectivity index (χ1v) is 5.82. The van der Waals surface area contributed by atoms with Crippen LogP contribution in [-0.2, 0) is 13.1 Å². The topological polar surface area (TPSA) is 29.9 Å². The van der Waals surface area contributed by atoms with E-state index in [0.717, 1.165) is 29.9 Å². The van der Waals surface area contributed by atoms with Gasteiger partial charge in [0.2, 0.25) is 0 Å². The molecule has 0 spiro atoms. The zero-order chi connectivity index (χ0) is 13.1. The second kappa shape index (κ2) is 5.16. The van der Waals surface area contributed by atoms with E-state index in [2.05, 4.69) is 10.4 Å². The van der Waals surface area contributed by atoms with Crippen LogP contribution in [0.4, 0.5) is 14.5 Å². The second-order valence-electron chi connectivity index (χ2n) is 4.08. The predicted molar refractivity (Wildman–Crippen MR) is 66.3 cm³/mol. The fourth-order valence-electron chi connectivity index (χ4n) is 1.70. The molecule has 1 heterocycles. The standard InChI is InChI=1S/C13H15F2N3/c1-3-18-8-10(9(2)17-18)7-16-11-4-5-12(14)13(15)6-11/h4-6,8,16H,3,7H2,1-2H3. The van der Waals surface area contributed by atoms with Crippen LogP contribution in [-0.4, -0.2) is 9.78 Å². The molecule has 0 saturated carbocycles. The van der Waals surface area contributed by atoms with Crippen LogP contribution in [0.1, 0.15) is 18.2 Å². The van der Waals surface area contributed by atoms with Gasteiger partial charge in [-0.25, -0.2) is 8.78 Å². The van der Waals surface area contributed by atoms with Gasteiger partial charge >= 0.3 is 0 Å². The van der Waals surface area contributed by atoms with Crippen LogP contribution in [0.2, 0.25) is 0 Å². The molecule has 0 aliphatic heterocycles. The number of aryl methyl sites for hydroxylation is 2. The fraction of sp³-hybridized carbons (Fsp3) is 0.308. The SMILES string of the molecule is CCn1cc(CNc2ccc(F)c(F)c2)c(C)n1. The van der Waals surface area contributed by atoms with Gasteiger partial charge in [-0.3, -0.25) is 4.68 Å². The van der Waals surface area contributed by atoms with Crippen molar-refractivity contribution in [2.75, 3.05) is 5.32 Å². The van der Waals surface area contributed by atoms with Crippen molar-refractivity contribution in [3.05, 3.63) is 47.3 Å². The van der Waals surface area contributed by atoms with Gasteiger partial charge in [0.1, 0.15) is 0 Å². The maximum absolute atomic E-state index is 13.0. The van der Waals surface area contributed by atoms with Crippen molar-refractivity contribution in [2.45, 2.75) is 26.9 Å². The summed E-state index contributed by atoms with van der Waals surface area (Å²) in [7, 11) is 0. The van der Waals surface area contributed by atoms with E-state index >= 15 is 0 Å². The third-order valence-electron chi connectivity index (χ3n) is 2.77. The Morgan fingerprint density at radius 2 is 2.06 bits per heavy atom. The first kappa shape index (κ1) is 12.5. The van der Waals surface area contributed by atoms with Crippen LogP contribution < -0.4 is 5.32 Å². The molecule has 1 aromatic heterocycles. The summed E-state index contributed by atoms with van der Waals surface area (Å²) in [5.41, 5.74) is 2.53. The van der Waals surface area contributed by atoms with Crippen molar-refractivity contribution in [1.29, 1.82) is 0 Å². The lowest BCUT2D eigenvalue weighted by atomic mass is 10.2. The molecular weight excluding hydrogens is 236 g/mol. The lowest BCUT2D eigenvalue weighted by Crippen LogP contribution is -2.00. The third-order valence-corrected chi connectivity index (χ3v) is 2.77. The summed E-state index contributed by atoms with van der Waals surface area (Å²) in [6, 6.07) is 3.77. The summed E-state index contributed by atoms with van der Waals surface area (Å²) in [6.07, 6.45) is 1.95. The van der Waals surface area contributed by atoms with Gasteiger partial charge in [-0.1, -0.05) is 0 Å². The van der Waals surface area contributed by atoms with Crippen molar-refractivity contribution in [1.82, 2.24) is 9.78 Å². The van der Waals surface area contributed by atoms with Gasteiger partial charge in [-0.05, 0) is 26.0 Å². The molecule has 0 amide bonds. The van der Waals surface area contributed by atoms with E-state index in [4.69, 9.17) is 0 Å². The minimum absolute atomic E-state index is 0.539. The number of benzene rings is 1. The van der Waals surface area contributed by atoms with E-state index < -0.39 is 11.6 Å². The molecule has 5 heteroatoms. The van der Waals surface area contributed by atoms with Gasteiger partial charge in [0.25, 0.3) is 0 Å². The van der Waals surface area contributed by atoms with Gasteiger partial charge in [0.05, 0.1) is 5.69 Å². The van der Waals surface area contributed by atoms with Crippen LogP contribution in [0.5, 0.6) is 0 Å². The first-order valence-electron chi connectivity index (χ1n) is 5.82. The van der Waals surface area contributed by atoms with Crippen molar-refractivity contribution >= 4 is 5.69 Å². The average molecular weight is 251 g/mol. The number of hydrogen-bond acceptors (Lipinski definition) is 2. The van der Waals surface area contributed by atoms with Crippen LogP contribution in [0.15, 0.2) is 24.4 Å². The van der Waals surface area contributed by atoms with Crippen molar-refractivity contribution in [2.24, 2.45) is 0 Å². The quantitative estimate of drug-likeness (QED) is 0.904. The van der Waals surface area contributed by atoms with Crippen molar-refractivity contribution in [3.63, 3.8) is 0 Å². The van der Waals surface area contributed by atoms with Gasteiger partial charge in [0, 0.05) is 36.6 Å². The largest absolute Gasteiger partial charge is 0.381 e. The summed E-state index contributed by atoms with van der Waals surface area (Å²) in [5, 5.41) is 7.36. The Labute approximate surface area is 104 Å². The Hall–Kier alpha value is -1.91. The Kier molecular flexibility index (Phi) is 3.60. The molecular formula is C13H15F2N3. The second-order valence-corrected chi connectivity index (χ2v) is 4.08. The monoisotopic (exact) mass is 251 g/mol. The van der Waals surface area contributed by atoms with E-state index in [0.29, 0.717) is 12.2 Å². The molecule has 0 atom stereocenters. The van der Waals surface area contributed by atoms with Crippen molar-refractivity contribution in [3.8, 4) is 0 Å². The number of halogens is 2. The van der Waals surface area contributed by atoms with E-state index in [1.54, 1.807) is 0 Å². The molecule has 3 nitrogen and oxygen atoms in total. The van der Waals surface area contributed by atoms with Gasteiger partial charge in [0.15, 0.2) is 11.6 Å². The Morgan fingerprint density at radius 3 is 2.67 bits per heavy atom.